The molecule has 0 radical (unpaired) electrons. The minimum Gasteiger partial charge on any atom is -0.423 e. The van der Waals surface area contributed by atoms with Gasteiger partial charge in [-0.3, -0.25) is 4.79 Å². The monoisotopic (exact) mass is 389 g/mol. The quantitative estimate of drug-likeness (QED) is 0.716. The molecular weight excluding hydrogens is 366 g/mol. The highest BCUT2D eigenvalue weighted by molar-refractivity contribution is 6.04. The van der Waals surface area contributed by atoms with Crippen molar-refractivity contribution in [1.29, 1.82) is 0 Å². The number of fused-ring (bicyclic) bond motifs is 1. The lowest BCUT2D eigenvalue weighted by Gasteiger charge is -2.37. The third kappa shape index (κ3) is 3.13. The first-order chi connectivity index (χ1) is 13.9. The SMILES string of the molecule is CC(C)(O)C(C1CC1)N1Cc2cccc(-c3ccc(-c4nnco4)cc3)c2C1=O. The zero-order valence-electron chi connectivity index (χ0n) is 16.5. The Kier molecular flexibility index (Phi) is 4.06. The van der Waals surface area contributed by atoms with Gasteiger partial charge in [0.05, 0.1) is 17.2 Å². The first kappa shape index (κ1) is 18.1. The molecule has 1 unspecified atom stereocenters. The molecule has 1 aromatic heterocycles. The van der Waals surface area contributed by atoms with Gasteiger partial charge in [0.15, 0.2) is 0 Å². The van der Waals surface area contributed by atoms with Crippen molar-refractivity contribution in [3.8, 4) is 22.6 Å². The number of benzene rings is 2. The van der Waals surface area contributed by atoms with E-state index in [4.69, 9.17) is 4.42 Å². The molecule has 3 aromatic rings. The van der Waals surface area contributed by atoms with Gasteiger partial charge in [-0.15, -0.1) is 10.2 Å². The van der Waals surface area contributed by atoms with Crippen molar-refractivity contribution in [1.82, 2.24) is 15.1 Å². The molecule has 1 atom stereocenters. The van der Waals surface area contributed by atoms with Crippen LogP contribution in [-0.2, 0) is 6.54 Å². The third-order valence-electron chi connectivity index (χ3n) is 5.90. The van der Waals surface area contributed by atoms with E-state index in [1.807, 2.05) is 61.2 Å². The molecule has 6 nitrogen and oxygen atoms in total. The van der Waals surface area contributed by atoms with Crippen LogP contribution in [0.25, 0.3) is 22.6 Å². The lowest BCUT2D eigenvalue weighted by atomic mass is 9.92. The molecule has 29 heavy (non-hydrogen) atoms. The van der Waals surface area contributed by atoms with Gasteiger partial charge in [0.2, 0.25) is 12.3 Å². The average Bonchev–Trinajstić information content (AvgIpc) is 3.24. The molecule has 0 spiro atoms. The van der Waals surface area contributed by atoms with Gasteiger partial charge in [-0.25, -0.2) is 0 Å². The lowest BCUT2D eigenvalue weighted by Crippen LogP contribution is -2.51. The molecule has 1 N–H and O–H groups in total. The summed E-state index contributed by atoms with van der Waals surface area (Å²) in [5.41, 5.74) is 3.55. The highest BCUT2D eigenvalue weighted by Crippen LogP contribution is 2.44. The van der Waals surface area contributed by atoms with E-state index in [0.717, 1.165) is 40.7 Å². The van der Waals surface area contributed by atoms with E-state index in [0.29, 0.717) is 18.4 Å². The molecule has 1 aliphatic heterocycles. The molecule has 0 bridgehead atoms. The highest BCUT2D eigenvalue weighted by atomic mass is 16.4. The molecule has 6 heteroatoms. The number of aliphatic hydroxyl groups is 1. The van der Waals surface area contributed by atoms with Crippen LogP contribution in [-0.4, -0.2) is 37.8 Å². The molecular formula is C23H23N3O3. The Balaban J connectivity index is 1.50. The van der Waals surface area contributed by atoms with Crippen LogP contribution in [0.15, 0.2) is 53.3 Å². The zero-order chi connectivity index (χ0) is 20.2. The van der Waals surface area contributed by atoms with Crippen molar-refractivity contribution < 1.29 is 14.3 Å². The standard InChI is InChI=1S/C23H23N3O3/c1-23(2,28)20(15-8-9-15)26-12-17-4-3-5-18(19(17)22(26)27)14-6-10-16(11-7-14)21-25-24-13-29-21/h3-7,10-11,13,15,20,28H,8-9,12H2,1-2H3. The molecule has 1 saturated carbocycles. The van der Waals surface area contributed by atoms with Crippen LogP contribution in [0.3, 0.4) is 0 Å². The molecule has 1 aliphatic carbocycles. The number of hydrogen-bond donors (Lipinski definition) is 1. The molecule has 2 aromatic carbocycles. The maximum absolute atomic E-state index is 13.4. The van der Waals surface area contributed by atoms with Crippen LogP contribution in [0.4, 0.5) is 0 Å². The van der Waals surface area contributed by atoms with Crippen LogP contribution < -0.4 is 0 Å². The van der Waals surface area contributed by atoms with Crippen molar-refractivity contribution in [2.45, 2.75) is 44.9 Å². The fourth-order valence-corrected chi connectivity index (χ4v) is 4.56. The first-order valence-corrected chi connectivity index (χ1v) is 9.95. The third-order valence-corrected chi connectivity index (χ3v) is 5.90. The topological polar surface area (TPSA) is 79.5 Å². The molecule has 148 valence electrons. The van der Waals surface area contributed by atoms with Crippen molar-refractivity contribution >= 4 is 5.91 Å². The number of aromatic nitrogens is 2. The Labute approximate surface area is 169 Å². The van der Waals surface area contributed by atoms with Crippen LogP contribution >= 0.6 is 0 Å². The summed E-state index contributed by atoms with van der Waals surface area (Å²) < 4.78 is 5.25. The molecule has 1 amide bonds. The number of amides is 1. The largest absolute Gasteiger partial charge is 0.423 e. The van der Waals surface area contributed by atoms with Gasteiger partial charge in [0.1, 0.15) is 0 Å². The van der Waals surface area contributed by atoms with Crippen LogP contribution in [0.2, 0.25) is 0 Å². The fourth-order valence-electron chi connectivity index (χ4n) is 4.56. The summed E-state index contributed by atoms with van der Waals surface area (Å²) in [4.78, 5) is 15.3. The predicted octanol–water partition coefficient (Wildman–Crippen LogP) is 3.91. The Bertz CT molecular complexity index is 1050. The van der Waals surface area contributed by atoms with Gasteiger partial charge < -0.3 is 14.4 Å². The van der Waals surface area contributed by atoms with E-state index >= 15 is 0 Å². The van der Waals surface area contributed by atoms with E-state index in [2.05, 4.69) is 10.2 Å². The number of nitrogens with zero attached hydrogens (tertiary/aromatic N) is 3. The van der Waals surface area contributed by atoms with Gasteiger partial charge in [0, 0.05) is 12.1 Å². The van der Waals surface area contributed by atoms with Gasteiger partial charge in [-0.1, -0.05) is 30.3 Å². The van der Waals surface area contributed by atoms with Crippen molar-refractivity contribution in [3.63, 3.8) is 0 Å². The summed E-state index contributed by atoms with van der Waals surface area (Å²) in [6, 6.07) is 13.6. The minimum atomic E-state index is -0.926. The number of carbonyl (C=O) groups is 1. The Hall–Kier alpha value is -2.99. The summed E-state index contributed by atoms with van der Waals surface area (Å²) in [7, 11) is 0. The second-order valence-electron chi connectivity index (χ2n) is 8.53. The molecule has 1 fully saturated rings. The summed E-state index contributed by atoms with van der Waals surface area (Å²) in [6.45, 7) is 4.17. The molecule has 0 saturated heterocycles. The van der Waals surface area contributed by atoms with E-state index < -0.39 is 5.60 Å². The number of rotatable bonds is 5. The zero-order valence-corrected chi connectivity index (χ0v) is 16.5. The molecule has 2 heterocycles. The Morgan fingerprint density at radius 1 is 1.14 bits per heavy atom. The van der Waals surface area contributed by atoms with E-state index in [9.17, 15) is 9.90 Å². The first-order valence-electron chi connectivity index (χ1n) is 9.95. The van der Waals surface area contributed by atoms with Crippen LogP contribution in [0.5, 0.6) is 0 Å². The number of hydrogen-bond acceptors (Lipinski definition) is 5. The van der Waals surface area contributed by atoms with Gasteiger partial charge in [0.25, 0.3) is 5.91 Å². The Morgan fingerprint density at radius 2 is 1.86 bits per heavy atom. The average molecular weight is 389 g/mol. The van der Waals surface area contributed by atoms with Crippen molar-refractivity contribution in [2.75, 3.05) is 0 Å². The van der Waals surface area contributed by atoms with E-state index in [-0.39, 0.29) is 11.9 Å². The lowest BCUT2D eigenvalue weighted by molar-refractivity contribution is -0.0224. The van der Waals surface area contributed by atoms with Crippen LogP contribution in [0, 0.1) is 5.92 Å². The van der Waals surface area contributed by atoms with Crippen molar-refractivity contribution in [2.24, 2.45) is 5.92 Å². The van der Waals surface area contributed by atoms with Crippen molar-refractivity contribution in [3.05, 3.63) is 60.0 Å². The Morgan fingerprint density at radius 3 is 2.48 bits per heavy atom. The molecule has 5 rings (SSSR count). The summed E-state index contributed by atoms with van der Waals surface area (Å²) in [6.07, 6.45) is 3.44. The highest BCUT2D eigenvalue weighted by Gasteiger charge is 2.48. The molecule has 2 aliphatic rings. The second-order valence-corrected chi connectivity index (χ2v) is 8.53. The maximum Gasteiger partial charge on any atom is 0.255 e. The second kappa shape index (κ2) is 6.52. The van der Waals surface area contributed by atoms with Gasteiger partial charge in [-0.05, 0) is 61.4 Å². The smallest absolute Gasteiger partial charge is 0.255 e. The van der Waals surface area contributed by atoms with Gasteiger partial charge in [-0.2, -0.15) is 0 Å². The normalized spacial score (nSPS) is 17.5. The van der Waals surface area contributed by atoms with Gasteiger partial charge >= 0.3 is 0 Å². The maximum atomic E-state index is 13.4. The summed E-state index contributed by atoms with van der Waals surface area (Å²) in [5, 5.41) is 18.4. The fraction of sp³-hybridized carbons (Fsp3) is 0.348. The summed E-state index contributed by atoms with van der Waals surface area (Å²) in [5.74, 6) is 0.857. The minimum absolute atomic E-state index is 0.00982. The summed E-state index contributed by atoms with van der Waals surface area (Å²) >= 11 is 0. The predicted molar refractivity (Wildman–Crippen MR) is 108 cm³/mol. The van der Waals surface area contributed by atoms with E-state index in [1.165, 1.54) is 6.39 Å². The van der Waals surface area contributed by atoms with E-state index in [1.54, 1.807) is 0 Å². The number of carbonyl (C=O) groups excluding carboxylic acids is 1. The van der Waals surface area contributed by atoms with Crippen LogP contribution in [0.1, 0.15) is 42.6 Å².